The van der Waals surface area contributed by atoms with Crippen LogP contribution in [-0.2, 0) is 13.0 Å². The Morgan fingerprint density at radius 3 is 2.56 bits per heavy atom. The summed E-state index contributed by atoms with van der Waals surface area (Å²) >= 11 is 4.17. The third kappa shape index (κ3) is 3.03. The molecule has 0 amide bonds. The van der Waals surface area contributed by atoms with Crippen molar-refractivity contribution in [3.63, 3.8) is 0 Å². The Balaban J connectivity index is 2.29. The van der Waals surface area contributed by atoms with E-state index in [1.54, 1.807) is 6.07 Å². The third-order valence-electron chi connectivity index (χ3n) is 4.54. The van der Waals surface area contributed by atoms with Gasteiger partial charge in [0, 0.05) is 47.4 Å². The molecule has 0 saturated carbocycles. The number of hydrogen-bond acceptors (Lipinski definition) is 6. The Hall–Kier alpha value is -1.96. The number of aromatic nitrogens is 1. The number of anilines is 1. The molecule has 0 radical (unpaired) electrons. The standard InChI is InChI=1S/C18H22N2O4S/c21-9-6-19(7-10-22)15-5-4-14-16-12(15)2-1-3-13(16)17(23)20(8-11-25)18(14)24/h1,3-5,21-23,25H,2,6-11H2. The lowest BCUT2D eigenvalue weighted by atomic mass is 9.92. The molecule has 1 aromatic heterocycles. The molecule has 3 rings (SSSR count). The van der Waals surface area contributed by atoms with Crippen LogP contribution in [0.1, 0.15) is 11.1 Å². The van der Waals surface area contributed by atoms with Gasteiger partial charge in [-0.15, -0.1) is 0 Å². The van der Waals surface area contributed by atoms with E-state index in [4.69, 9.17) is 0 Å². The fourth-order valence-corrected chi connectivity index (χ4v) is 3.68. The summed E-state index contributed by atoms with van der Waals surface area (Å²) in [4.78, 5) is 14.7. The zero-order valence-corrected chi connectivity index (χ0v) is 14.7. The van der Waals surface area contributed by atoms with E-state index in [-0.39, 0.29) is 24.7 Å². The van der Waals surface area contributed by atoms with Crippen LogP contribution in [0.5, 0.6) is 5.88 Å². The van der Waals surface area contributed by atoms with Gasteiger partial charge >= 0.3 is 0 Å². The van der Waals surface area contributed by atoms with Gasteiger partial charge in [0.05, 0.1) is 13.2 Å². The van der Waals surface area contributed by atoms with Gasteiger partial charge in [0.25, 0.3) is 5.56 Å². The lowest BCUT2D eigenvalue weighted by Crippen LogP contribution is -2.31. The Labute approximate surface area is 151 Å². The van der Waals surface area contributed by atoms with Crippen LogP contribution in [0.3, 0.4) is 0 Å². The van der Waals surface area contributed by atoms with Crippen molar-refractivity contribution in [3.8, 4) is 5.88 Å². The van der Waals surface area contributed by atoms with Crippen LogP contribution in [0.2, 0.25) is 0 Å². The zero-order valence-electron chi connectivity index (χ0n) is 13.9. The molecule has 7 heteroatoms. The highest BCUT2D eigenvalue weighted by Crippen LogP contribution is 2.37. The minimum Gasteiger partial charge on any atom is -0.494 e. The van der Waals surface area contributed by atoms with Crippen molar-refractivity contribution < 1.29 is 15.3 Å². The highest BCUT2D eigenvalue weighted by atomic mass is 32.1. The summed E-state index contributed by atoms with van der Waals surface area (Å²) in [5.41, 5.74) is 2.20. The first kappa shape index (κ1) is 17.8. The maximum absolute atomic E-state index is 12.8. The largest absolute Gasteiger partial charge is 0.494 e. The molecular weight excluding hydrogens is 340 g/mol. The number of rotatable bonds is 7. The molecule has 0 bridgehead atoms. The first-order chi connectivity index (χ1) is 12.1. The second-order valence-corrected chi connectivity index (χ2v) is 6.39. The van der Waals surface area contributed by atoms with E-state index in [1.807, 2.05) is 23.1 Å². The summed E-state index contributed by atoms with van der Waals surface area (Å²) in [5.74, 6) is 0.408. The van der Waals surface area contributed by atoms with Gasteiger partial charge in [0.15, 0.2) is 0 Å². The van der Waals surface area contributed by atoms with Crippen LogP contribution < -0.4 is 10.5 Å². The molecule has 2 aromatic rings. The van der Waals surface area contributed by atoms with Gasteiger partial charge in [-0.1, -0.05) is 12.2 Å². The molecule has 0 fully saturated rings. The maximum Gasteiger partial charge on any atom is 0.261 e. The summed E-state index contributed by atoms with van der Waals surface area (Å²) in [7, 11) is 0. The van der Waals surface area contributed by atoms with Crippen LogP contribution in [-0.4, -0.2) is 51.9 Å². The molecule has 0 atom stereocenters. The number of pyridine rings is 1. The molecule has 0 spiro atoms. The van der Waals surface area contributed by atoms with Crippen LogP contribution in [0, 0.1) is 0 Å². The molecule has 0 unspecified atom stereocenters. The zero-order chi connectivity index (χ0) is 18.0. The van der Waals surface area contributed by atoms with Gasteiger partial charge in [0.2, 0.25) is 5.88 Å². The smallest absolute Gasteiger partial charge is 0.261 e. The lowest BCUT2D eigenvalue weighted by Gasteiger charge is -2.28. The average Bonchev–Trinajstić information content (AvgIpc) is 2.62. The van der Waals surface area contributed by atoms with E-state index in [9.17, 15) is 20.1 Å². The van der Waals surface area contributed by atoms with Crippen molar-refractivity contribution in [1.82, 2.24) is 4.57 Å². The summed E-state index contributed by atoms with van der Waals surface area (Å²) in [6.07, 6.45) is 4.42. The number of aliphatic hydroxyl groups is 2. The van der Waals surface area contributed by atoms with Crippen LogP contribution >= 0.6 is 12.6 Å². The highest BCUT2D eigenvalue weighted by molar-refractivity contribution is 7.80. The summed E-state index contributed by atoms with van der Waals surface area (Å²) in [5, 5.41) is 30.5. The molecule has 1 aliphatic rings. The number of aliphatic hydroxyl groups excluding tert-OH is 2. The Kier molecular flexibility index (Phi) is 5.36. The van der Waals surface area contributed by atoms with Crippen molar-refractivity contribution in [3.05, 3.63) is 39.7 Å². The summed E-state index contributed by atoms with van der Waals surface area (Å²) in [6, 6.07) is 3.62. The number of thiol groups is 1. The van der Waals surface area contributed by atoms with Gasteiger partial charge in [0.1, 0.15) is 0 Å². The highest BCUT2D eigenvalue weighted by Gasteiger charge is 2.22. The van der Waals surface area contributed by atoms with Crippen molar-refractivity contribution in [1.29, 1.82) is 0 Å². The molecular formula is C18H22N2O4S. The molecule has 134 valence electrons. The van der Waals surface area contributed by atoms with E-state index >= 15 is 0 Å². The number of allylic oxidation sites excluding steroid dienone is 1. The molecule has 1 aliphatic carbocycles. The monoisotopic (exact) mass is 362 g/mol. The molecule has 6 nitrogen and oxygen atoms in total. The fraction of sp³-hybridized carbons (Fsp3) is 0.389. The average molecular weight is 362 g/mol. The van der Waals surface area contributed by atoms with Crippen molar-refractivity contribution in [2.75, 3.05) is 37.0 Å². The predicted octanol–water partition coefficient (Wildman–Crippen LogP) is 0.997. The predicted molar refractivity (Wildman–Crippen MR) is 103 cm³/mol. The van der Waals surface area contributed by atoms with Gasteiger partial charge in [-0.2, -0.15) is 12.6 Å². The van der Waals surface area contributed by atoms with Crippen molar-refractivity contribution >= 4 is 35.2 Å². The molecule has 0 saturated heterocycles. The maximum atomic E-state index is 12.8. The van der Waals surface area contributed by atoms with Crippen LogP contribution in [0.4, 0.5) is 5.69 Å². The minimum absolute atomic E-state index is 0.0328. The Bertz CT molecular complexity index is 870. The summed E-state index contributed by atoms with van der Waals surface area (Å²) < 4.78 is 1.35. The first-order valence-corrected chi connectivity index (χ1v) is 8.92. The van der Waals surface area contributed by atoms with Gasteiger partial charge in [-0.05, 0) is 24.1 Å². The lowest BCUT2D eigenvalue weighted by molar-refractivity contribution is 0.281. The SMILES string of the molecule is O=c1c2ccc(N(CCO)CCO)c3c2c(c(O)n1CCS)C=CC3. The third-order valence-corrected chi connectivity index (χ3v) is 4.74. The number of benzene rings is 1. The quantitative estimate of drug-likeness (QED) is 0.552. The van der Waals surface area contributed by atoms with Gasteiger partial charge in [-0.25, -0.2) is 0 Å². The Morgan fingerprint density at radius 2 is 1.92 bits per heavy atom. The second-order valence-electron chi connectivity index (χ2n) is 5.94. The van der Waals surface area contributed by atoms with E-state index in [1.165, 1.54) is 4.57 Å². The number of aromatic hydroxyl groups is 1. The minimum atomic E-state index is -0.232. The van der Waals surface area contributed by atoms with Gasteiger partial charge in [-0.3, -0.25) is 9.36 Å². The molecule has 1 heterocycles. The molecule has 3 N–H and O–H groups in total. The van der Waals surface area contributed by atoms with Crippen molar-refractivity contribution in [2.45, 2.75) is 13.0 Å². The van der Waals surface area contributed by atoms with E-state index in [2.05, 4.69) is 12.6 Å². The molecule has 1 aromatic carbocycles. The van der Waals surface area contributed by atoms with Crippen LogP contribution in [0.15, 0.2) is 23.0 Å². The number of nitrogens with zero attached hydrogens (tertiary/aromatic N) is 2. The second kappa shape index (κ2) is 7.51. The normalized spacial score (nSPS) is 12.8. The van der Waals surface area contributed by atoms with Crippen molar-refractivity contribution in [2.24, 2.45) is 0 Å². The number of hydrogen-bond donors (Lipinski definition) is 4. The topological polar surface area (TPSA) is 85.9 Å². The van der Waals surface area contributed by atoms with E-state index < -0.39 is 0 Å². The van der Waals surface area contributed by atoms with Crippen LogP contribution in [0.25, 0.3) is 16.8 Å². The van der Waals surface area contributed by atoms with E-state index in [0.29, 0.717) is 42.8 Å². The first-order valence-electron chi connectivity index (χ1n) is 8.29. The summed E-state index contributed by atoms with van der Waals surface area (Å²) in [6.45, 7) is 1.05. The fourth-order valence-electron chi connectivity index (χ4n) is 3.48. The Morgan fingerprint density at radius 1 is 1.20 bits per heavy atom. The van der Waals surface area contributed by atoms with E-state index in [0.717, 1.165) is 16.6 Å². The van der Waals surface area contributed by atoms with Gasteiger partial charge < -0.3 is 20.2 Å². The molecule has 25 heavy (non-hydrogen) atoms. The molecule has 0 aliphatic heterocycles.